The van der Waals surface area contributed by atoms with Crippen molar-refractivity contribution in [2.24, 2.45) is 7.05 Å². The molecule has 0 spiro atoms. The fraction of sp³-hybridized carbons (Fsp3) is 0.111. The molecule has 0 radical (unpaired) electrons. The molecule has 122 valence electrons. The second-order valence-electron chi connectivity index (χ2n) is 5.30. The first-order valence-corrected chi connectivity index (χ1v) is 8.04. The molecule has 0 atom stereocenters. The highest BCUT2D eigenvalue weighted by Gasteiger charge is 2.16. The van der Waals surface area contributed by atoms with Crippen LogP contribution in [0.5, 0.6) is 5.75 Å². The number of anilines is 1. The molecular formula is C18H15BrN2O3. The number of amides is 1. The number of aryl methyl sites for hydroxylation is 1. The van der Waals surface area contributed by atoms with Gasteiger partial charge in [-0.2, -0.15) is 0 Å². The lowest BCUT2D eigenvalue weighted by Gasteiger charge is -2.11. The fourth-order valence-electron chi connectivity index (χ4n) is 2.51. The molecule has 0 aliphatic carbocycles. The number of carbonyl (C=O) groups excluding carboxylic acids is 1. The maximum atomic E-state index is 12.7. The second-order valence-corrected chi connectivity index (χ2v) is 6.15. The van der Waals surface area contributed by atoms with Gasteiger partial charge in [0.2, 0.25) is 5.43 Å². The van der Waals surface area contributed by atoms with Gasteiger partial charge in [-0.15, -0.1) is 0 Å². The molecule has 5 nitrogen and oxygen atoms in total. The number of ether oxygens (including phenoxy) is 1. The Morgan fingerprint density at radius 1 is 1.21 bits per heavy atom. The van der Waals surface area contributed by atoms with E-state index in [1.165, 1.54) is 7.11 Å². The molecule has 1 heterocycles. The Balaban J connectivity index is 2.09. The van der Waals surface area contributed by atoms with Crippen LogP contribution in [0.25, 0.3) is 10.9 Å². The second kappa shape index (κ2) is 6.49. The minimum absolute atomic E-state index is 0.0778. The van der Waals surface area contributed by atoms with Crippen molar-refractivity contribution in [2.75, 3.05) is 12.4 Å². The molecule has 0 bridgehead atoms. The number of fused-ring (bicyclic) bond motifs is 1. The minimum atomic E-state index is -0.452. The average molecular weight is 387 g/mol. The standard InChI is InChI=1S/C18H15BrN2O3/c1-21-10-13(18(23)20-15-6-4-3-5-14(15)19)17(22)12-9-11(24-2)7-8-16(12)21/h3-10H,1-2H3,(H,20,23). The van der Waals surface area contributed by atoms with E-state index in [0.717, 1.165) is 9.99 Å². The number of rotatable bonds is 3. The Morgan fingerprint density at radius 3 is 2.67 bits per heavy atom. The van der Waals surface area contributed by atoms with Crippen LogP contribution in [0.1, 0.15) is 10.4 Å². The Kier molecular flexibility index (Phi) is 4.40. The number of aromatic nitrogens is 1. The lowest BCUT2D eigenvalue weighted by atomic mass is 10.1. The van der Waals surface area contributed by atoms with Gasteiger partial charge in [-0.1, -0.05) is 12.1 Å². The quantitative estimate of drug-likeness (QED) is 0.748. The van der Waals surface area contributed by atoms with Crippen LogP contribution in [0.3, 0.4) is 0 Å². The van der Waals surface area contributed by atoms with Crippen molar-refractivity contribution in [3.05, 3.63) is 68.9 Å². The van der Waals surface area contributed by atoms with Crippen LogP contribution in [0.15, 0.2) is 57.9 Å². The number of nitrogens with zero attached hydrogens (tertiary/aromatic N) is 1. The summed E-state index contributed by atoms with van der Waals surface area (Å²) in [5.74, 6) is 0.121. The number of nitrogens with one attached hydrogen (secondary N) is 1. The summed E-state index contributed by atoms with van der Waals surface area (Å²) < 4.78 is 7.68. The number of carbonyl (C=O) groups is 1. The van der Waals surface area contributed by atoms with Crippen molar-refractivity contribution in [1.29, 1.82) is 0 Å². The predicted octanol–water partition coefficient (Wildman–Crippen LogP) is 3.56. The Hall–Kier alpha value is -2.60. The summed E-state index contributed by atoms with van der Waals surface area (Å²) in [6.45, 7) is 0. The van der Waals surface area contributed by atoms with E-state index >= 15 is 0 Å². The number of methoxy groups -OCH3 is 1. The van der Waals surface area contributed by atoms with Gasteiger partial charge in [-0.25, -0.2) is 0 Å². The van der Waals surface area contributed by atoms with E-state index in [2.05, 4.69) is 21.2 Å². The van der Waals surface area contributed by atoms with E-state index < -0.39 is 5.91 Å². The van der Waals surface area contributed by atoms with Crippen LogP contribution in [-0.4, -0.2) is 17.6 Å². The van der Waals surface area contributed by atoms with Gasteiger partial charge in [0.05, 0.1) is 23.7 Å². The number of halogens is 1. The first kappa shape index (κ1) is 16.3. The summed E-state index contributed by atoms with van der Waals surface area (Å²) in [4.78, 5) is 25.3. The lowest BCUT2D eigenvalue weighted by molar-refractivity contribution is 0.102. The van der Waals surface area contributed by atoms with Gasteiger partial charge in [-0.3, -0.25) is 9.59 Å². The van der Waals surface area contributed by atoms with Gasteiger partial charge in [0.1, 0.15) is 11.3 Å². The Morgan fingerprint density at radius 2 is 1.96 bits per heavy atom. The van der Waals surface area contributed by atoms with Crippen molar-refractivity contribution in [3.63, 3.8) is 0 Å². The Labute approximate surface area is 147 Å². The zero-order valence-electron chi connectivity index (χ0n) is 13.2. The average Bonchev–Trinajstić information content (AvgIpc) is 2.59. The largest absolute Gasteiger partial charge is 0.497 e. The molecule has 0 saturated carbocycles. The van der Waals surface area contributed by atoms with Crippen molar-refractivity contribution in [1.82, 2.24) is 4.57 Å². The maximum absolute atomic E-state index is 12.7. The maximum Gasteiger partial charge on any atom is 0.261 e. The zero-order chi connectivity index (χ0) is 17.3. The number of hydrogen-bond acceptors (Lipinski definition) is 3. The molecule has 0 fully saturated rings. The SMILES string of the molecule is COc1ccc2c(c1)c(=O)c(C(=O)Nc1ccccc1Br)cn2C. The van der Waals surface area contributed by atoms with Gasteiger partial charge in [0.25, 0.3) is 5.91 Å². The Bertz CT molecular complexity index is 995. The monoisotopic (exact) mass is 386 g/mol. The summed E-state index contributed by atoms with van der Waals surface area (Å²) in [6.07, 6.45) is 1.54. The molecule has 1 amide bonds. The van der Waals surface area contributed by atoms with Crippen LogP contribution >= 0.6 is 15.9 Å². The minimum Gasteiger partial charge on any atom is -0.497 e. The van der Waals surface area contributed by atoms with Gasteiger partial charge in [0, 0.05) is 17.7 Å². The van der Waals surface area contributed by atoms with E-state index in [9.17, 15) is 9.59 Å². The normalized spacial score (nSPS) is 10.6. The summed E-state index contributed by atoms with van der Waals surface area (Å²) >= 11 is 3.37. The fourth-order valence-corrected chi connectivity index (χ4v) is 2.90. The number of para-hydroxylation sites is 1. The molecular weight excluding hydrogens is 372 g/mol. The molecule has 0 saturated heterocycles. The highest BCUT2D eigenvalue weighted by molar-refractivity contribution is 9.10. The molecule has 6 heteroatoms. The summed E-state index contributed by atoms with van der Waals surface area (Å²) in [6, 6.07) is 12.5. The molecule has 0 aliphatic rings. The third kappa shape index (κ3) is 2.92. The smallest absolute Gasteiger partial charge is 0.261 e. The molecule has 0 unspecified atom stereocenters. The summed E-state index contributed by atoms with van der Waals surface area (Å²) in [5, 5.41) is 3.20. The number of hydrogen-bond donors (Lipinski definition) is 1. The van der Waals surface area contributed by atoms with Crippen LogP contribution in [-0.2, 0) is 7.05 Å². The highest BCUT2D eigenvalue weighted by Crippen LogP contribution is 2.22. The van der Waals surface area contributed by atoms with Gasteiger partial charge >= 0.3 is 0 Å². The molecule has 24 heavy (non-hydrogen) atoms. The molecule has 3 aromatic rings. The lowest BCUT2D eigenvalue weighted by Crippen LogP contribution is -2.23. The first-order valence-electron chi connectivity index (χ1n) is 7.24. The third-order valence-electron chi connectivity index (χ3n) is 3.76. The van der Waals surface area contributed by atoms with Crippen molar-refractivity contribution < 1.29 is 9.53 Å². The van der Waals surface area contributed by atoms with Gasteiger partial charge in [0.15, 0.2) is 0 Å². The van der Waals surface area contributed by atoms with E-state index in [0.29, 0.717) is 16.8 Å². The van der Waals surface area contributed by atoms with Crippen LogP contribution in [0, 0.1) is 0 Å². The van der Waals surface area contributed by atoms with Crippen LogP contribution in [0.4, 0.5) is 5.69 Å². The van der Waals surface area contributed by atoms with Gasteiger partial charge in [-0.05, 0) is 46.3 Å². The van der Waals surface area contributed by atoms with Crippen molar-refractivity contribution >= 4 is 38.4 Å². The zero-order valence-corrected chi connectivity index (χ0v) is 14.8. The molecule has 2 aromatic carbocycles. The van der Waals surface area contributed by atoms with Crippen LogP contribution in [0.2, 0.25) is 0 Å². The van der Waals surface area contributed by atoms with E-state index in [4.69, 9.17) is 4.74 Å². The summed E-state index contributed by atoms with van der Waals surface area (Å²) in [7, 11) is 3.33. The first-order chi connectivity index (χ1) is 11.5. The van der Waals surface area contributed by atoms with Crippen molar-refractivity contribution in [3.8, 4) is 5.75 Å². The summed E-state index contributed by atoms with van der Waals surface area (Å²) in [5.41, 5.74) is 1.09. The number of pyridine rings is 1. The molecule has 0 aliphatic heterocycles. The van der Waals surface area contributed by atoms with Crippen LogP contribution < -0.4 is 15.5 Å². The predicted molar refractivity (Wildman–Crippen MR) is 97.8 cm³/mol. The highest BCUT2D eigenvalue weighted by atomic mass is 79.9. The van der Waals surface area contributed by atoms with E-state index in [1.54, 1.807) is 42.1 Å². The topological polar surface area (TPSA) is 60.3 Å². The molecule has 1 aromatic heterocycles. The third-order valence-corrected chi connectivity index (χ3v) is 4.45. The number of benzene rings is 2. The molecule has 3 rings (SSSR count). The van der Waals surface area contributed by atoms with E-state index in [1.807, 2.05) is 18.2 Å². The van der Waals surface area contributed by atoms with Crippen molar-refractivity contribution in [2.45, 2.75) is 0 Å². The molecule has 1 N–H and O–H groups in total. The van der Waals surface area contributed by atoms with Gasteiger partial charge < -0.3 is 14.6 Å². The van der Waals surface area contributed by atoms with E-state index in [-0.39, 0.29) is 11.0 Å².